The van der Waals surface area contributed by atoms with Gasteiger partial charge in [0.05, 0.1) is 17.1 Å². The number of aryl methyl sites for hydroxylation is 2. The molecule has 0 bridgehead atoms. The van der Waals surface area contributed by atoms with Crippen molar-refractivity contribution in [2.45, 2.75) is 32.2 Å². The van der Waals surface area contributed by atoms with E-state index in [1.54, 1.807) is 0 Å². The molecule has 0 saturated carbocycles. The fraction of sp³-hybridized carbons (Fsp3) is 0.429. The van der Waals surface area contributed by atoms with Crippen LogP contribution in [0.3, 0.4) is 0 Å². The third kappa shape index (κ3) is 2.18. The van der Waals surface area contributed by atoms with Gasteiger partial charge in [-0.1, -0.05) is 0 Å². The van der Waals surface area contributed by atoms with Crippen LogP contribution >= 0.6 is 11.3 Å². The molecular formula is C14H17N3OS. The number of rotatable bonds is 2. The minimum absolute atomic E-state index is 0.0363. The second-order valence-electron chi connectivity index (χ2n) is 5.02. The molecule has 0 fully saturated rings. The molecule has 0 saturated heterocycles. The van der Waals surface area contributed by atoms with Gasteiger partial charge in [0.25, 0.3) is 5.91 Å². The Hall–Kier alpha value is -1.62. The second-order valence-corrected chi connectivity index (χ2v) is 5.94. The van der Waals surface area contributed by atoms with E-state index < -0.39 is 0 Å². The van der Waals surface area contributed by atoms with Crippen molar-refractivity contribution in [3.05, 3.63) is 39.3 Å². The summed E-state index contributed by atoms with van der Waals surface area (Å²) in [4.78, 5) is 13.1. The van der Waals surface area contributed by atoms with Crippen molar-refractivity contribution in [2.75, 3.05) is 0 Å². The van der Waals surface area contributed by atoms with Crippen molar-refractivity contribution < 1.29 is 4.79 Å². The summed E-state index contributed by atoms with van der Waals surface area (Å²) >= 11 is 1.50. The zero-order valence-corrected chi connectivity index (χ0v) is 12.0. The molecule has 0 radical (unpaired) electrons. The number of amides is 1. The van der Waals surface area contributed by atoms with Crippen molar-refractivity contribution in [3.8, 4) is 0 Å². The quantitative estimate of drug-likeness (QED) is 0.915. The summed E-state index contributed by atoms with van der Waals surface area (Å²) in [6, 6.07) is 2.09. The fourth-order valence-corrected chi connectivity index (χ4v) is 3.51. The maximum atomic E-state index is 12.3. The smallest absolute Gasteiger partial charge is 0.262 e. The van der Waals surface area contributed by atoms with Crippen LogP contribution in [0.4, 0.5) is 0 Å². The van der Waals surface area contributed by atoms with Crippen LogP contribution in [0.5, 0.6) is 0 Å². The highest BCUT2D eigenvalue weighted by molar-refractivity contribution is 7.12. The van der Waals surface area contributed by atoms with Crippen LogP contribution in [0, 0.1) is 6.92 Å². The molecule has 19 heavy (non-hydrogen) atoms. The first-order valence-electron chi connectivity index (χ1n) is 6.52. The lowest BCUT2D eigenvalue weighted by molar-refractivity contribution is 0.0936. The van der Waals surface area contributed by atoms with Gasteiger partial charge in [0, 0.05) is 18.3 Å². The summed E-state index contributed by atoms with van der Waals surface area (Å²) in [5, 5.41) is 9.41. The molecule has 1 atom stereocenters. The predicted molar refractivity (Wildman–Crippen MR) is 75.4 cm³/mol. The standard InChI is InChI=1S/C14H17N3OS/c1-9-6-7-19-13(9)14(18)16-11-4-3-5-12-10(11)8-15-17(12)2/h6-8,11H,3-5H2,1-2H3,(H,16,18)/t11-/m0/s1. The molecule has 100 valence electrons. The highest BCUT2D eigenvalue weighted by Gasteiger charge is 2.25. The maximum Gasteiger partial charge on any atom is 0.262 e. The SMILES string of the molecule is Cc1ccsc1C(=O)N[C@H]1CCCc2c1cnn2C. The van der Waals surface area contributed by atoms with Gasteiger partial charge in [-0.05, 0) is 43.2 Å². The Kier molecular flexibility index (Phi) is 3.14. The van der Waals surface area contributed by atoms with Crippen LogP contribution in [0.25, 0.3) is 0 Å². The Morgan fingerprint density at radius 3 is 3.16 bits per heavy atom. The number of carbonyl (C=O) groups is 1. The predicted octanol–water partition coefficient (Wildman–Crippen LogP) is 2.60. The van der Waals surface area contributed by atoms with Gasteiger partial charge >= 0.3 is 0 Å². The largest absolute Gasteiger partial charge is 0.344 e. The molecule has 3 rings (SSSR count). The number of carbonyl (C=O) groups excluding carboxylic acids is 1. The summed E-state index contributed by atoms with van der Waals surface area (Å²) in [6.07, 6.45) is 5.03. The van der Waals surface area contributed by atoms with E-state index in [4.69, 9.17) is 0 Å². The Bertz CT molecular complexity index is 614. The zero-order chi connectivity index (χ0) is 13.4. The average Bonchev–Trinajstić information content (AvgIpc) is 2.97. The third-order valence-electron chi connectivity index (χ3n) is 3.75. The van der Waals surface area contributed by atoms with Gasteiger partial charge in [-0.3, -0.25) is 9.48 Å². The summed E-state index contributed by atoms with van der Waals surface area (Å²) in [7, 11) is 1.96. The number of nitrogens with one attached hydrogen (secondary N) is 1. The Labute approximate surface area is 116 Å². The lowest BCUT2D eigenvalue weighted by Crippen LogP contribution is -2.30. The van der Waals surface area contributed by atoms with Gasteiger partial charge in [0.1, 0.15) is 0 Å². The van der Waals surface area contributed by atoms with E-state index in [2.05, 4.69) is 10.4 Å². The normalized spacial score (nSPS) is 18.1. The minimum atomic E-state index is 0.0363. The van der Waals surface area contributed by atoms with Gasteiger partial charge in [-0.2, -0.15) is 5.10 Å². The van der Waals surface area contributed by atoms with Crippen molar-refractivity contribution in [2.24, 2.45) is 7.05 Å². The number of fused-ring (bicyclic) bond motifs is 1. The molecule has 0 spiro atoms. The maximum absolute atomic E-state index is 12.3. The molecule has 5 heteroatoms. The molecular weight excluding hydrogens is 258 g/mol. The van der Waals surface area contributed by atoms with E-state index >= 15 is 0 Å². The van der Waals surface area contributed by atoms with E-state index in [1.165, 1.54) is 22.6 Å². The van der Waals surface area contributed by atoms with Gasteiger partial charge in [-0.15, -0.1) is 11.3 Å². The number of nitrogens with zero attached hydrogens (tertiary/aromatic N) is 2. The lowest BCUT2D eigenvalue weighted by atomic mass is 9.93. The number of hydrogen-bond donors (Lipinski definition) is 1. The molecule has 0 aromatic carbocycles. The summed E-state index contributed by atoms with van der Waals surface area (Å²) in [5.74, 6) is 0.0363. The topological polar surface area (TPSA) is 46.9 Å². The van der Waals surface area contributed by atoms with Crippen LogP contribution in [-0.4, -0.2) is 15.7 Å². The van der Waals surface area contributed by atoms with Crippen LogP contribution < -0.4 is 5.32 Å². The summed E-state index contributed by atoms with van der Waals surface area (Å²) < 4.78 is 1.92. The Morgan fingerprint density at radius 1 is 1.58 bits per heavy atom. The van der Waals surface area contributed by atoms with Crippen LogP contribution in [-0.2, 0) is 13.5 Å². The molecule has 0 unspecified atom stereocenters. The highest BCUT2D eigenvalue weighted by atomic mass is 32.1. The fourth-order valence-electron chi connectivity index (χ4n) is 2.69. The number of thiophene rings is 1. The van der Waals surface area contributed by atoms with Crippen molar-refractivity contribution in [1.29, 1.82) is 0 Å². The highest BCUT2D eigenvalue weighted by Crippen LogP contribution is 2.29. The minimum Gasteiger partial charge on any atom is -0.344 e. The van der Waals surface area contributed by atoms with Gasteiger partial charge in [0.2, 0.25) is 0 Å². The molecule has 2 heterocycles. The molecule has 2 aromatic heterocycles. The average molecular weight is 275 g/mol. The van der Waals surface area contributed by atoms with E-state index in [-0.39, 0.29) is 11.9 Å². The molecule has 1 aliphatic carbocycles. The van der Waals surface area contributed by atoms with Crippen molar-refractivity contribution >= 4 is 17.2 Å². The summed E-state index contributed by atoms with van der Waals surface area (Å²) in [6.45, 7) is 1.97. The molecule has 4 nitrogen and oxygen atoms in total. The molecule has 1 amide bonds. The Balaban J connectivity index is 1.82. The van der Waals surface area contributed by atoms with E-state index in [0.717, 1.165) is 29.7 Å². The van der Waals surface area contributed by atoms with Crippen LogP contribution in [0.1, 0.15) is 45.4 Å². The van der Waals surface area contributed by atoms with Gasteiger partial charge < -0.3 is 5.32 Å². The molecule has 0 aliphatic heterocycles. The number of aromatic nitrogens is 2. The van der Waals surface area contributed by atoms with Crippen LogP contribution in [0.15, 0.2) is 17.6 Å². The first-order valence-corrected chi connectivity index (χ1v) is 7.40. The van der Waals surface area contributed by atoms with E-state index in [0.29, 0.717) is 0 Å². The first kappa shape index (κ1) is 12.4. The van der Waals surface area contributed by atoms with Gasteiger partial charge in [0.15, 0.2) is 0 Å². The Morgan fingerprint density at radius 2 is 2.42 bits per heavy atom. The van der Waals surface area contributed by atoms with Crippen molar-refractivity contribution in [3.63, 3.8) is 0 Å². The zero-order valence-electron chi connectivity index (χ0n) is 11.1. The molecule has 2 aromatic rings. The van der Waals surface area contributed by atoms with E-state index in [1.807, 2.05) is 36.3 Å². The second kappa shape index (κ2) is 4.81. The molecule has 1 aliphatic rings. The summed E-state index contributed by atoms with van der Waals surface area (Å²) in [5.41, 5.74) is 3.47. The number of hydrogen-bond acceptors (Lipinski definition) is 3. The van der Waals surface area contributed by atoms with Gasteiger partial charge in [-0.25, -0.2) is 0 Å². The lowest BCUT2D eigenvalue weighted by Gasteiger charge is -2.23. The van der Waals surface area contributed by atoms with Crippen LogP contribution in [0.2, 0.25) is 0 Å². The third-order valence-corrected chi connectivity index (χ3v) is 4.76. The van der Waals surface area contributed by atoms with E-state index in [9.17, 15) is 4.79 Å². The van der Waals surface area contributed by atoms with Crippen molar-refractivity contribution in [1.82, 2.24) is 15.1 Å². The monoisotopic (exact) mass is 275 g/mol. The first-order chi connectivity index (χ1) is 9.16. The molecule has 1 N–H and O–H groups in total.